The van der Waals surface area contributed by atoms with Gasteiger partial charge in [-0.2, -0.15) is 0 Å². The highest BCUT2D eigenvalue weighted by molar-refractivity contribution is 5.71. The average molecular weight is 375 g/mol. The molecule has 0 aromatic carbocycles. The maximum Gasteiger partial charge on any atom is 0.312 e. The fourth-order valence-corrected chi connectivity index (χ4v) is 3.31. The molecule has 6 nitrogen and oxygen atoms in total. The van der Waals surface area contributed by atoms with Gasteiger partial charge in [0, 0.05) is 32.3 Å². The van der Waals surface area contributed by atoms with Crippen LogP contribution in [0, 0.1) is 5.92 Å². The van der Waals surface area contributed by atoms with E-state index in [-0.39, 0.29) is 5.92 Å². The Balaban J connectivity index is 4.82. The summed E-state index contributed by atoms with van der Waals surface area (Å²) in [6, 6.07) is -0.483. The number of nitrogens with two attached hydrogens (primary N) is 1. The molecule has 0 heterocycles. The molecule has 0 bridgehead atoms. The Morgan fingerprint density at radius 3 is 1.85 bits per heavy atom. The quantitative estimate of drug-likeness (QED) is 0.272. The number of carbonyl (C=O) groups is 1. The van der Waals surface area contributed by atoms with Crippen LogP contribution in [0.15, 0.2) is 0 Å². The molecule has 0 radical (unpaired) electrons. The number of carbonyl (C=O) groups excluding carboxylic acids is 1. The second-order valence-corrected chi connectivity index (χ2v) is 6.59. The van der Waals surface area contributed by atoms with Crippen molar-refractivity contribution in [1.82, 2.24) is 5.32 Å². The predicted octanol–water partition coefficient (Wildman–Crippen LogP) is 4.57. The highest BCUT2D eigenvalue weighted by atomic mass is 16.9. The lowest BCUT2D eigenvalue weighted by Crippen LogP contribution is -2.47. The van der Waals surface area contributed by atoms with Gasteiger partial charge in [-0.15, -0.1) is 0 Å². The zero-order chi connectivity index (χ0) is 19.7. The number of hydrogen-bond donors (Lipinski definition) is 2. The van der Waals surface area contributed by atoms with Crippen molar-refractivity contribution < 1.29 is 19.0 Å². The minimum Gasteiger partial charge on any atom is -0.352 e. The van der Waals surface area contributed by atoms with E-state index >= 15 is 0 Å². The molecular formula is C20H42N2O4. The number of unbranched alkanes of at least 4 members (excludes halogenated alkanes) is 5. The van der Waals surface area contributed by atoms with Gasteiger partial charge in [0.2, 0.25) is 0 Å². The number of ether oxygens (including phenoxy) is 3. The first-order valence-corrected chi connectivity index (χ1v) is 10.5. The third-order valence-electron chi connectivity index (χ3n) is 4.47. The van der Waals surface area contributed by atoms with Gasteiger partial charge in [0.15, 0.2) is 0 Å². The molecule has 3 N–H and O–H groups in total. The Morgan fingerprint density at radius 1 is 0.846 bits per heavy atom. The van der Waals surface area contributed by atoms with Crippen LogP contribution < -0.4 is 11.1 Å². The van der Waals surface area contributed by atoms with Gasteiger partial charge < -0.3 is 25.3 Å². The first-order chi connectivity index (χ1) is 12.6. The molecule has 6 heteroatoms. The topological polar surface area (TPSA) is 82.8 Å². The molecule has 0 fully saturated rings. The van der Waals surface area contributed by atoms with Crippen molar-refractivity contribution in [3.8, 4) is 0 Å². The van der Waals surface area contributed by atoms with Gasteiger partial charge in [0.1, 0.15) is 0 Å². The zero-order valence-corrected chi connectivity index (χ0v) is 17.5. The summed E-state index contributed by atoms with van der Waals surface area (Å²) in [6.07, 6.45) is 10.2. The highest BCUT2D eigenvalue weighted by Crippen LogP contribution is 2.34. The fourth-order valence-electron chi connectivity index (χ4n) is 3.31. The molecule has 156 valence electrons. The Kier molecular flexibility index (Phi) is 15.8. The Morgan fingerprint density at radius 2 is 1.35 bits per heavy atom. The van der Waals surface area contributed by atoms with Gasteiger partial charge in [-0.1, -0.05) is 45.4 Å². The number of amides is 2. The first-order valence-electron chi connectivity index (χ1n) is 10.5. The SMILES string of the molecule is CCCCCCCC[C@H](CCCNC(N)=O)C(OCC)(OCC)OCC. The maximum atomic E-state index is 10.9. The van der Waals surface area contributed by atoms with E-state index in [2.05, 4.69) is 12.2 Å². The van der Waals surface area contributed by atoms with E-state index in [1.807, 2.05) is 20.8 Å². The van der Waals surface area contributed by atoms with Crippen LogP contribution in [-0.4, -0.2) is 38.4 Å². The molecular weight excluding hydrogens is 332 g/mol. The van der Waals surface area contributed by atoms with E-state index in [9.17, 15) is 4.79 Å². The summed E-state index contributed by atoms with van der Waals surface area (Å²) < 4.78 is 18.0. The molecule has 26 heavy (non-hydrogen) atoms. The third kappa shape index (κ3) is 11.0. The molecule has 0 aliphatic carbocycles. The molecule has 0 aliphatic heterocycles. The summed E-state index contributed by atoms with van der Waals surface area (Å²) in [5.41, 5.74) is 5.15. The van der Waals surface area contributed by atoms with E-state index in [1.165, 1.54) is 32.1 Å². The number of rotatable bonds is 18. The summed E-state index contributed by atoms with van der Waals surface area (Å²) in [4.78, 5) is 10.9. The van der Waals surface area contributed by atoms with Crippen molar-refractivity contribution >= 4 is 6.03 Å². The van der Waals surface area contributed by atoms with Crippen LogP contribution in [0.2, 0.25) is 0 Å². The summed E-state index contributed by atoms with van der Waals surface area (Å²) in [7, 11) is 0. The minimum absolute atomic E-state index is 0.128. The Hall–Kier alpha value is -0.850. The van der Waals surface area contributed by atoms with E-state index in [0.29, 0.717) is 26.4 Å². The standard InChI is InChI=1S/C20H42N2O4/c1-5-9-10-11-12-13-15-18(16-14-17-22-19(21)23)20(24-6-2,25-7-3)26-8-4/h18H,5-17H2,1-4H3,(H3,21,22,23)/t18-/m1/s1. The second-order valence-electron chi connectivity index (χ2n) is 6.59. The molecule has 0 saturated carbocycles. The van der Waals surface area contributed by atoms with Gasteiger partial charge in [-0.3, -0.25) is 0 Å². The summed E-state index contributed by atoms with van der Waals surface area (Å²) in [5, 5.41) is 2.66. The second kappa shape index (κ2) is 16.3. The lowest BCUT2D eigenvalue weighted by molar-refractivity contribution is -0.403. The van der Waals surface area contributed by atoms with Crippen LogP contribution in [-0.2, 0) is 14.2 Å². The fraction of sp³-hybridized carbons (Fsp3) is 0.950. The van der Waals surface area contributed by atoms with E-state index < -0.39 is 12.0 Å². The van der Waals surface area contributed by atoms with Gasteiger partial charge in [-0.25, -0.2) is 4.79 Å². The van der Waals surface area contributed by atoms with Gasteiger partial charge in [0.25, 0.3) is 5.97 Å². The number of hydrogen-bond acceptors (Lipinski definition) is 4. The van der Waals surface area contributed by atoms with Crippen molar-refractivity contribution in [2.75, 3.05) is 26.4 Å². The zero-order valence-electron chi connectivity index (χ0n) is 17.5. The van der Waals surface area contributed by atoms with Crippen molar-refractivity contribution in [1.29, 1.82) is 0 Å². The molecule has 2 amide bonds. The van der Waals surface area contributed by atoms with Gasteiger partial charge >= 0.3 is 6.03 Å². The Bertz CT molecular complexity index is 323. The average Bonchev–Trinajstić information content (AvgIpc) is 2.60. The number of nitrogens with one attached hydrogen (secondary N) is 1. The van der Waals surface area contributed by atoms with Crippen LogP contribution >= 0.6 is 0 Å². The van der Waals surface area contributed by atoms with Gasteiger partial charge in [0.05, 0.1) is 0 Å². The molecule has 0 aliphatic rings. The third-order valence-corrected chi connectivity index (χ3v) is 4.47. The van der Waals surface area contributed by atoms with Crippen molar-refractivity contribution in [3.05, 3.63) is 0 Å². The maximum absolute atomic E-state index is 10.9. The van der Waals surface area contributed by atoms with Crippen molar-refractivity contribution in [2.24, 2.45) is 11.7 Å². The first kappa shape index (κ1) is 25.1. The van der Waals surface area contributed by atoms with Crippen LogP contribution in [0.5, 0.6) is 0 Å². The minimum atomic E-state index is -0.992. The van der Waals surface area contributed by atoms with Crippen LogP contribution in [0.3, 0.4) is 0 Å². The summed E-state index contributed by atoms with van der Waals surface area (Å²) >= 11 is 0. The van der Waals surface area contributed by atoms with Crippen LogP contribution in [0.4, 0.5) is 4.79 Å². The van der Waals surface area contributed by atoms with E-state index in [1.54, 1.807) is 0 Å². The summed E-state index contributed by atoms with van der Waals surface area (Å²) in [6.45, 7) is 10.3. The monoisotopic (exact) mass is 374 g/mol. The molecule has 0 aromatic heterocycles. The summed E-state index contributed by atoms with van der Waals surface area (Å²) in [5.74, 6) is -0.864. The van der Waals surface area contributed by atoms with Crippen molar-refractivity contribution in [3.63, 3.8) is 0 Å². The molecule has 1 atom stereocenters. The van der Waals surface area contributed by atoms with E-state index in [0.717, 1.165) is 25.7 Å². The van der Waals surface area contributed by atoms with Crippen LogP contribution in [0.1, 0.15) is 85.5 Å². The predicted molar refractivity (Wildman–Crippen MR) is 106 cm³/mol. The largest absolute Gasteiger partial charge is 0.352 e. The number of urea groups is 1. The lowest BCUT2D eigenvalue weighted by atomic mass is 9.92. The van der Waals surface area contributed by atoms with Crippen LogP contribution in [0.25, 0.3) is 0 Å². The van der Waals surface area contributed by atoms with Crippen molar-refractivity contribution in [2.45, 2.75) is 91.5 Å². The molecule has 0 saturated heterocycles. The molecule has 0 aromatic rings. The Labute approximate surface area is 160 Å². The highest BCUT2D eigenvalue weighted by Gasteiger charge is 2.41. The molecule has 0 unspecified atom stereocenters. The smallest absolute Gasteiger partial charge is 0.312 e. The molecule has 0 rings (SSSR count). The normalized spacial score (nSPS) is 12.9. The molecule has 0 spiro atoms. The number of primary amides is 1. The van der Waals surface area contributed by atoms with E-state index in [4.69, 9.17) is 19.9 Å². The van der Waals surface area contributed by atoms with Gasteiger partial charge in [-0.05, 0) is 40.0 Å². The lowest BCUT2D eigenvalue weighted by Gasteiger charge is -2.39.